The Hall–Kier alpha value is -1.69. The van der Waals surface area contributed by atoms with Crippen molar-refractivity contribution in [3.05, 3.63) is 57.3 Å². The number of aryl methyl sites for hydroxylation is 1. The Morgan fingerprint density at radius 3 is 2.85 bits per heavy atom. The van der Waals surface area contributed by atoms with Crippen molar-refractivity contribution in [1.29, 1.82) is 0 Å². The number of carbonyl (C=O) groups is 1. The van der Waals surface area contributed by atoms with Crippen molar-refractivity contribution in [3.63, 3.8) is 0 Å². The van der Waals surface area contributed by atoms with Gasteiger partial charge in [0.25, 0.3) is 5.91 Å². The zero-order valence-corrected chi connectivity index (χ0v) is 16.8. The summed E-state index contributed by atoms with van der Waals surface area (Å²) in [6, 6.07) is 12.8. The molecule has 0 radical (unpaired) electrons. The maximum absolute atomic E-state index is 12.8. The van der Waals surface area contributed by atoms with Crippen molar-refractivity contribution in [1.82, 2.24) is 10.2 Å². The number of nitrogens with one attached hydrogen (secondary N) is 1. The number of rotatable bonds is 5. The number of hydrogen-bond donors (Lipinski definition) is 1. The van der Waals surface area contributed by atoms with Crippen LogP contribution in [0.4, 0.5) is 0 Å². The second-order valence-electron chi connectivity index (χ2n) is 7.69. The van der Waals surface area contributed by atoms with Gasteiger partial charge in [-0.15, -0.1) is 11.3 Å². The van der Waals surface area contributed by atoms with Crippen LogP contribution in [-0.2, 0) is 17.6 Å². The van der Waals surface area contributed by atoms with Gasteiger partial charge < -0.3 is 10.1 Å². The molecule has 4 nitrogen and oxygen atoms in total. The molecule has 1 aromatic heterocycles. The number of fused-ring (bicyclic) bond motifs is 1. The molecule has 2 heterocycles. The van der Waals surface area contributed by atoms with Crippen molar-refractivity contribution in [3.8, 4) is 0 Å². The highest BCUT2D eigenvalue weighted by molar-refractivity contribution is 7.14. The van der Waals surface area contributed by atoms with Crippen molar-refractivity contribution >= 4 is 17.2 Å². The molecule has 1 aliphatic heterocycles. The van der Waals surface area contributed by atoms with E-state index in [1.54, 1.807) is 11.3 Å². The van der Waals surface area contributed by atoms with Crippen molar-refractivity contribution in [2.45, 2.75) is 32.2 Å². The maximum atomic E-state index is 12.8. The van der Waals surface area contributed by atoms with Crippen LogP contribution in [0.1, 0.15) is 45.1 Å². The maximum Gasteiger partial charge on any atom is 0.261 e. The zero-order chi connectivity index (χ0) is 18.6. The average Bonchev–Trinajstić information content (AvgIpc) is 3.13. The third-order valence-corrected chi connectivity index (χ3v) is 6.92. The lowest BCUT2D eigenvalue weighted by Gasteiger charge is -2.34. The summed E-state index contributed by atoms with van der Waals surface area (Å²) in [7, 11) is 0. The molecule has 2 aromatic rings. The quantitative estimate of drug-likeness (QED) is 0.855. The third-order valence-electron chi connectivity index (χ3n) is 5.68. The summed E-state index contributed by atoms with van der Waals surface area (Å²) in [6.45, 7) is 6.25. The van der Waals surface area contributed by atoms with Gasteiger partial charge in [0, 0.05) is 24.5 Å². The van der Waals surface area contributed by atoms with Crippen LogP contribution >= 0.6 is 11.3 Å². The monoisotopic (exact) mass is 384 g/mol. The molecule has 1 aliphatic carbocycles. The minimum Gasteiger partial charge on any atom is -0.379 e. The number of thiophene rings is 1. The van der Waals surface area contributed by atoms with Gasteiger partial charge in [0.15, 0.2) is 0 Å². The van der Waals surface area contributed by atoms with Gasteiger partial charge >= 0.3 is 0 Å². The van der Waals surface area contributed by atoms with Crippen LogP contribution < -0.4 is 5.32 Å². The molecule has 27 heavy (non-hydrogen) atoms. The van der Waals surface area contributed by atoms with Gasteiger partial charge in [-0.2, -0.15) is 0 Å². The fourth-order valence-corrected chi connectivity index (χ4v) is 5.24. The van der Waals surface area contributed by atoms with Gasteiger partial charge in [-0.25, -0.2) is 0 Å². The first-order valence-electron chi connectivity index (χ1n) is 9.97. The minimum absolute atomic E-state index is 0.0660. The second-order valence-corrected chi connectivity index (χ2v) is 8.83. The van der Waals surface area contributed by atoms with Crippen molar-refractivity contribution in [2.24, 2.45) is 5.92 Å². The van der Waals surface area contributed by atoms with E-state index in [-0.39, 0.29) is 11.9 Å². The van der Waals surface area contributed by atoms with E-state index < -0.39 is 0 Å². The Kier molecular flexibility index (Phi) is 5.91. The molecule has 0 saturated carbocycles. The molecule has 1 saturated heterocycles. The summed E-state index contributed by atoms with van der Waals surface area (Å²) in [5.74, 6) is 0.794. The molecule has 1 fully saturated rings. The topological polar surface area (TPSA) is 41.6 Å². The summed E-state index contributed by atoms with van der Waals surface area (Å²) >= 11 is 1.68. The largest absolute Gasteiger partial charge is 0.379 e. The van der Waals surface area contributed by atoms with Crippen LogP contribution in [0.3, 0.4) is 0 Å². The van der Waals surface area contributed by atoms with Crippen LogP contribution in [0.15, 0.2) is 36.4 Å². The Morgan fingerprint density at radius 1 is 1.30 bits per heavy atom. The fraction of sp³-hybridized carbons (Fsp3) is 0.500. The SMILES string of the molecule is CC1CCc2sc(C(=O)NCC(c3ccccc3)N3CCOCC3)cc2C1. The molecule has 144 valence electrons. The molecule has 1 amide bonds. The predicted molar refractivity (Wildman–Crippen MR) is 109 cm³/mol. The number of carbonyl (C=O) groups excluding carboxylic acids is 1. The first kappa shape index (κ1) is 18.7. The molecule has 0 bridgehead atoms. The highest BCUT2D eigenvalue weighted by Gasteiger charge is 2.25. The summed E-state index contributed by atoms with van der Waals surface area (Å²) in [6.07, 6.45) is 3.47. The lowest BCUT2D eigenvalue weighted by atomic mass is 9.90. The minimum atomic E-state index is 0.0660. The number of morpholine rings is 1. The zero-order valence-electron chi connectivity index (χ0n) is 15.9. The van der Waals surface area contributed by atoms with E-state index in [0.717, 1.165) is 49.9 Å². The Labute approximate surface area is 165 Å². The molecule has 1 aromatic carbocycles. The average molecular weight is 385 g/mol. The van der Waals surface area contributed by atoms with Crippen molar-refractivity contribution in [2.75, 3.05) is 32.8 Å². The fourth-order valence-electron chi connectivity index (χ4n) is 4.12. The van der Waals surface area contributed by atoms with E-state index in [1.807, 2.05) is 6.07 Å². The first-order chi connectivity index (χ1) is 13.2. The Morgan fingerprint density at radius 2 is 2.07 bits per heavy atom. The molecule has 5 heteroatoms. The van der Waals surface area contributed by atoms with Crippen LogP contribution in [-0.4, -0.2) is 43.7 Å². The number of amides is 1. The van der Waals surface area contributed by atoms with E-state index in [4.69, 9.17) is 4.74 Å². The molecule has 0 spiro atoms. The van der Waals surface area contributed by atoms with Gasteiger partial charge in [-0.05, 0) is 42.4 Å². The Balaban J connectivity index is 1.45. The van der Waals surface area contributed by atoms with Crippen molar-refractivity contribution < 1.29 is 9.53 Å². The molecule has 4 rings (SSSR count). The predicted octanol–water partition coefficient (Wildman–Crippen LogP) is 3.68. The van der Waals surface area contributed by atoms with E-state index >= 15 is 0 Å². The van der Waals surface area contributed by atoms with Gasteiger partial charge in [0.2, 0.25) is 0 Å². The summed E-state index contributed by atoms with van der Waals surface area (Å²) in [4.78, 5) is 17.5. The highest BCUT2D eigenvalue weighted by Crippen LogP contribution is 2.32. The number of ether oxygens (including phenoxy) is 1. The number of hydrogen-bond acceptors (Lipinski definition) is 4. The standard InChI is InChI=1S/C22H28N2O2S/c1-16-7-8-20-18(13-16)14-21(27-20)22(25)23-15-19(17-5-3-2-4-6-17)24-9-11-26-12-10-24/h2-6,14,16,19H,7-13,15H2,1H3,(H,23,25). The van der Waals surface area contributed by atoms with Crippen LogP contribution in [0.25, 0.3) is 0 Å². The van der Waals surface area contributed by atoms with Gasteiger partial charge in [0.1, 0.15) is 0 Å². The van der Waals surface area contributed by atoms with Crippen LogP contribution in [0.2, 0.25) is 0 Å². The normalized spacial score (nSPS) is 21.4. The van der Waals surface area contributed by atoms with Gasteiger partial charge in [-0.1, -0.05) is 37.3 Å². The smallest absolute Gasteiger partial charge is 0.261 e. The lowest BCUT2D eigenvalue weighted by molar-refractivity contribution is 0.0162. The van der Waals surface area contributed by atoms with Gasteiger partial charge in [-0.3, -0.25) is 9.69 Å². The Bertz CT molecular complexity index is 768. The number of nitrogens with zero attached hydrogens (tertiary/aromatic N) is 1. The summed E-state index contributed by atoms with van der Waals surface area (Å²) in [5, 5.41) is 3.20. The van der Waals surface area contributed by atoms with E-state index in [1.165, 1.54) is 22.4 Å². The second kappa shape index (κ2) is 8.55. The number of benzene rings is 1. The van der Waals surface area contributed by atoms with E-state index in [0.29, 0.717) is 6.54 Å². The summed E-state index contributed by atoms with van der Waals surface area (Å²) < 4.78 is 5.51. The molecular formula is C22H28N2O2S. The highest BCUT2D eigenvalue weighted by atomic mass is 32.1. The molecule has 2 unspecified atom stereocenters. The molecular weight excluding hydrogens is 356 g/mol. The third kappa shape index (κ3) is 4.42. The molecule has 2 aliphatic rings. The van der Waals surface area contributed by atoms with Gasteiger partial charge in [0.05, 0.1) is 24.1 Å². The lowest BCUT2D eigenvalue weighted by Crippen LogP contribution is -2.43. The van der Waals surface area contributed by atoms with E-state index in [2.05, 4.69) is 47.5 Å². The first-order valence-corrected chi connectivity index (χ1v) is 10.8. The van der Waals surface area contributed by atoms with E-state index in [9.17, 15) is 4.79 Å². The van der Waals surface area contributed by atoms with Crippen LogP contribution in [0.5, 0.6) is 0 Å². The molecule has 1 N–H and O–H groups in total. The molecule has 2 atom stereocenters. The summed E-state index contributed by atoms with van der Waals surface area (Å²) in [5.41, 5.74) is 2.63. The van der Waals surface area contributed by atoms with Crippen LogP contribution in [0, 0.1) is 5.92 Å².